The van der Waals surface area contributed by atoms with E-state index in [0.29, 0.717) is 29.5 Å². The third kappa shape index (κ3) is 5.23. The predicted molar refractivity (Wildman–Crippen MR) is 107 cm³/mol. The van der Waals surface area contributed by atoms with Crippen LogP contribution < -0.4 is 19.9 Å². The zero-order valence-corrected chi connectivity index (χ0v) is 16.8. The van der Waals surface area contributed by atoms with Crippen LogP contribution in [0.4, 0.5) is 5.69 Å². The maximum absolute atomic E-state index is 12.2. The Labute approximate surface area is 163 Å². The van der Waals surface area contributed by atoms with Gasteiger partial charge in [0, 0.05) is 15.8 Å². The third-order valence-electron chi connectivity index (χ3n) is 3.90. The highest BCUT2D eigenvalue weighted by Gasteiger charge is 2.23. The van der Waals surface area contributed by atoms with Crippen LogP contribution in [0.2, 0.25) is 0 Å². The SMILES string of the molecule is CCOC(=O)CC(Sc1ccccc1N)c1cc(OC)c(OC)c(OC)c1. The zero-order chi connectivity index (χ0) is 19.8. The molecular weight excluding hydrogens is 366 g/mol. The van der Waals surface area contributed by atoms with Gasteiger partial charge >= 0.3 is 5.97 Å². The van der Waals surface area contributed by atoms with Gasteiger partial charge in [-0.1, -0.05) is 12.1 Å². The normalized spacial score (nSPS) is 11.6. The van der Waals surface area contributed by atoms with Gasteiger partial charge in [-0.2, -0.15) is 0 Å². The number of benzene rings is 2. The molecule has 27 heavy (non-hydrogen) atoms. The Kier molecular flexibility index (Phi) is 7.67. The lowest BCUT2D eigenvalue weighted by atomic mass is 10.1. The second kappa shape index (κ2) is 9.97. The van der Waals surface area contributed by atoms with E-state index in [-0.39, 0.29) is 17.6 Å². The van der Waals surface area contributed by atoms with Crippen LogP contribution in [0.5, 0.6) is 17.2 Å². The fraction of sp³-hybridized carbons (Fsp3) is 0.350. The third-order valence-corrected chi connectivity index (χ3v) is 5.25. The molecule has 0 aliphatic carbocycles. The molecule has 0 radical (unpaired) electrons. The van der Waals surface area contributed by atoms with Gasteiger partial charge in [-0.3, -0.25) is 4.79 Å². The Morgan fingerprint density at radius 1 is 1.07 bits per heavy atom. The van der Waals surface area contributed by atoms with E-state index in [4.69, 9.17) is 24.7 Å². The number of carbonyl (C=O) groups excluding carboxylic acids is 1. The Morgan fingerprint density at radius 3 is 2.22 bits per heavy atom. The van der Waals surface area contributed by atoms with E-state index < -0.39 is 0 Å². The zero-order valence-electron chi connectivity index (χ0n) is 16.0. The molecule has 0 saturated carbocycles. The number of hydrogen-bond acceptors (Lipinski definition) is 7. The minimum atomic E-state index is -0.279. The van der Waals surface area contributed by atoms with Gasteiger partial charge in [0.2, 0.25) is 5.75 Å². The maximum Gasteiger partial charge on any atom is 0.307 e. The molecule has 2 aromatic rings. The quantitative estimate of drug-likeness (QED) is 0.392. The van der Waals surface area contributed by atoms with E-state index in [1.54, 1.807) is 28.3 Å². The molecule has 6 nitrogen and oxygen atoms in total. The van der Waals surface area contributed by atoms with Crippen molar-refractivity contribution in [1.82, 2.24) is 0 Å². The summed E-state index contributed by atoms with van der Waals surface area (Å²) in [6.07, 6.45) is 0.186. The average molecular weight is 391 g/mol. The standard InChI is InChI=1S/C20H25NO5S/c1-5-26-19(22)12-18(27-17-9-7-6-8-14(17)21)13-10-15(23-2)20(25-4)16(11-13)24-3/h6-11,18H,5,12,21H2,1-4H3. The topological polar surface area (TPSA) is 80.0 Å². The molecule has 146 valence electrons. The highest BCUT2D eigenvalue weighted by molar-refractivity contribution is 7.99. The molecule has 2 N–H and O–H groups in total. The monoisotopic (exact) mass is 391 g/mol. The molecule has 0 aliphatic heterocycles. The number of hydrogen-bond donors (Lipinski definition) is 1. The first-order valence-electron chi connectivity index (χ1n) is 8.50. The van der Waals surface area contributed by atoms with Gasteiger partial charge in [-0.15, -0.1) is 11.8 Å². The van der Waals surface area contributed by atoms with Gasteiger partial charge in [0.1, 0.15) is 0 Å². The molecule has 0 fully saturated rings. The van der Waals surface area contributed by atoms with Gasteiger partial charge in [-0.05, 0) is 36.8 Å². The van der Waals surface area contributed by atoms with E-state index in [1.165, 1.54) is 11.8 Å². The summed E-state index contributed by atoms with van der Waals surface area (Å²) in [4.78, 5) is 13.1. The second-order valence-corrected chi connectivity index (χ2v) is 6.86. The number of anilines is 1. The molecule has 0 bridgehead atoms. The minimum absolute atomic E-state index is 0.186. The molecule has 1 unspecified atom stereocenters. The van der Waals surface area contributed by atoms with E-state index >= 15 is 0 Å². The second-order valence-electron chi connectivity index (χ2n) is 5.61. The fourth-order valence-electron chi connectivity index (χ4n) is 2.63. The van der Waals surface area contributed by atoms with Crippen molar-refractivity contribution in [3.63, 3.8) is 0 Å². The van der Waals surface area contributed by atoms with Crippen LogP contribution in [0.3, 0.4) is 0 Å². The summed E-state index contributed by atoms with van der Waals surface area (Å²) < 4.78 is 21.4. The van der Waals surface area contributed by atoms with Crippen LogP contribution in [0.25, 0.3) is 0 Å². The number of nitrogens with two attached hydrogens (primary N) is 1. The number of thioether (sulfide) groups is 1. The molecule has 0 spiro atoms. The maximum atomic E-state index is 12.2. The first-order valence-corrected chi connectivity index (χ1v) is 9.38. The number of para-hydroxylation sites is 1. The van der Waals surface area contributed by atoms with Crippen molar-refractivity contribution in [2.24, 2.45) is 0 Å². The van der Waals surface area contributed by atoms with Crippen molar-refractivity contribution in [3.8, 4) is 17.2 Å². The van der Waals surface area contributed by atoms with E-state index in [1.807, 2.05) is 36.4 Å². The molecule has 0 saturated heterocycles. The molecule has 1 atom stereocenters. The number of esters is 1. The van der Waals surface area contributed by atoms with Crippen molar-refractivity contribution < 1.29 is 23.7 Å². The number of nitrogen functional groups attached to an aromatic ring is 1. The van der Waals surface area contributed by atoms with Crippen molar-refractivity contribution in [3.05, 3.63) is 42.0 Å². The Morgan fingerprint density at radius 2 is 1.70 bits per heavy atom. The van der Waals surface area contributed by atoms with Crippen LogP contribution in [0.15, 0.2) is 41.3 Å². The summed E-state index contributed by atoms with van der Waals surface area (Å²) in [6, 6.07) is 11.2. The van der Waals surface area contributed by atoms with Gasteiger partial charge < -0.3 is 24.7 Å². The summed E-state index contributed by atoms with van der Waals surface area (Å²) in [5, 5.41) is -0.234. The summed E-state index contributed by atoms with van der Waals surface area (Å²) >= 11 is 1.50. The van der Waals surface area contributed by atoms with Crippen molar-refractivity contribution >= 4 is 23.4 Å². The summed E-state index contributed by atoms with van der Waals surface area (Å²) in [5.41, 5.74) is 7.60. The largest absolute Gasteiger partial charge is 0.493 e. The van der Waals surface area contributed by atoms with Gasteiger partial charge in [-0.25, -0.2) is 0 Å². The first-order chi connectivity index (χ1) is 13.0. The summed E-state index contributed by atoms with van der Waals surface area (Å²) in [5.74, 6) is 1.28. The lowest BCUT2D eigenvalue weighted by Gasteiger charge is -2.20. The predicted octanol–water partition coefficient (Wildman–Crippen LogP) is 4.08. The van der Waals surface area contributed by atoms with Crippen molar-refractivity contribution in [1.29, 1.82) is 0 Å². The minimum Gasteiger partial charge on any atom is -0.493 e. The van der Waals surface area contributed by atoms with Crippen molar-refractivity contribution in [2.45, 2.75) is 23.5 Å². The van der Waals surface area contributed by atoms with Crippen LogP contribution in [-0.4, -0.2) is 33.9 Å². The number of methoxy groups -OCH3 is 3. The highest BCUT2D eigenvalue weighted by Crippen LogP contribution is 2.46. The Hall–Kier alpha value is -2.54. The first kappa shape index (κ1) is 20.8. The molecule has 2 aromatic carbocycles. The van der Waals surface area contributed by atoms with Crippen molar-refractivity contribution in [2.75, 3.05) is 33.7 Å². The number of carbonyl (C=O) groups is 1. The molecular formula is C20H25NO5S. The van der Waals surface area contributed by atoms with Gasteiger partial charge in [0.25, 0.3) is 0 Å². The smallest absolute Gasteiger partial charge is 0.307 e. The van der Waals surface area contributed by atoms with Crippen LogP contribution in [0, 0.1) is 0 Å². The van der Waals surface area contributed by atoms with E-state index in [9.17, 15) is 4.79 Å². The van der Waals surface area contributed by atoms with Gasteiger partial charge in [0.15, 0.2) is 11.5 Å². The Balaban J connectivity index is 2.45. The molecule has 0 aliphatic rings. The number of ether oxygens (including phenoxy) is 4. The lowest BCUT2D eigenvalue weighted by Crippen LogP contribution is -2.09. The number of rotatable bonds is 9. The van der Waals surface area contributed by atoms with E-state index in [2.05, 4.69) is 0 Å². The highest BCUT2D eigenvalue weighted by atomic mass is 32.2. The molecule has 2 rings (SSSR count). The molecule has 0 amide bonds. The molecule has 0 aromatic heterocycles. The van der Waals surface area contributed by atoms with Crippen LogP contribution in [-0.2, 0) is 9.53 Å². The van der Waals surface area contributed by atoms with Crippen LogP contribution in [0.1, 0.15) is 24.2 Å². The lowest BCUT2D eigenvalue weighted by molar-refractivity contribution is -0.143. The van der Waals surface area contributed by atoms with E-state index in [0.717, 1.165) is 10.5 Å². The summed E-state index contributed by atoms with van der Waals surface area (Å²) in [7, 11) is 4.67. The fourth-order valence-corrected chi connectivity index (χ4v) is 3.79. The Bertz CT molecular complexity index is 756. The average Bonchev–Trinajstić information content (AvgIpc) is 2.68. The van der Waals surface area contributed by atoms with Gasteiger partial charge in [0.05, 0.1) is 34.4 Å². The van der Waals surface area contributed by atoms with Crippen LogP contribution >= 0.6 is 11.8 Å². The molecule has 7 heteroatoms. The summed E-state index contributed by atoms with van der Waals surface area (Å²) in [6.45, 7) is 2.12. The molecule has 0 heterocycles.